The minimum absolute atomic E-state index is 0.0901. The van der Waals surface area contributed by atoms with E-state index in [1.807, 2.05) is 0 Å². The third kappa shape index (κ3) is 3.94. The van der Waals surface area contributed by atoms with Crippen LogP contribution in [-0.2, 0) is 9.59 Å². The molecule has 2 aromatic rings. The second-order valence-corrected chi connectivity index (χ2v) is 6.43. The Morgan fingerprint density at radius 1 is 1.23 bits per heavy atom. The number of furan rings is 1. The standard InChI is InChI=1S/C17H15N3O5S/c1-10(21)18-17-19-20(11(2)22)15(26-17)12-5-3-6-13(9-12)25-16(23)14-7-4-8-24-14/h3-9,15H,1-2H3,(H,18,19,21)/t15-/m0/s1. The molecule has 8 nitrogen and oxygen atoms in total. The van der Waals surface area contributed by atoms with Crippen LogP contribution in [0.5, 0.6) is 5.75 Å². The van der Waals surface area contributed by atoms with Crippen LogP contribution in [0.15, 0.2) is 52.2 Å². The summed E-state index contributed by atoms with van der Waals surface area (Å²) in [4.78, 5) is 35.1. The van der Waals surface area contributed by atoms with E-state index in [0.717, 1.165) is 0 Å². The zero-order valence-corrected chi connectivity index (χ0v) is 14.8. The van der Waals surface area contributed by atoms with Crippen LogP contribution in [0.3, 0.4) is 0 Å². The molecule has 0 fully saturated rings. The average Bonchev–Trinajstić information content (AvgIpc) is 3.24. The number of benzene rings is 1. The lowest BCUT2D eigenvalue weighted by molar-refractivity contribution is -0.129. The van der Waals surface area contributed by atoms with Gasteiger partial charge >= 0.3 is 5.97 Å². The van der Waals surface area contributed by atoms with E-state index in [9.17, 15) is 14.4 Å². The molecule has 0 radical (unpaired) electrons. The van der Waals surface area contributed by atoms with Crippen molar-refractivity contribution in [1.82, 2.24) is 10.3 Å². The van der Waals surface area contributed by atoms with Gasteiger partial charge in [-0.05, 0) is 29.8 Å². The first-order valence-corrected chi connectivity index (χ1v) is 8.50. The number of rotatable bonds is 3. The van der Waals surface area contributed by atoms with E-state index < -0.39 is 11.3 Å². The molecule has 134 valence electrons. The summed E-state index contributed by atoms with van der Waals surface area (Å²) in [6.07, 6.45) is 1.38. The number of esters is 1. The van der Waals surface area contributed by atoms with Crippen molar-refractivity contribution in [2.24, 2.45) is 5.10 Å². The number of amidine groups is 1. The van der Waals surface area contributed by atoms with Gasteiger partial charge in [-0.15, -0.1) is 5.10 Å². The summed E-state index contributed by atoms with van der Waals surface area (Å²) in [7, 11) is 0. The van der Waals surface area contributed by atoms with E-state index in [0.29, 0.717) is 16.5 Å². The van der Waals surface area contributed by atoms with Gasteiger partial charge in [0.2, 0.25) is 17.6 Å². The Bertz CT molecular complexity index is 878. The van der Waals surface area contributed by atoms with Crippen molar-refractivity contribution in [3.8, 4) is 5.75 Å². The number of hydrogen-bond acceptors (Lipinski definition) is 7. The van der Waals surface area contributed by atoms with Gasteiger partial charge in [0, 0.05) is 13.8 Å². The van der Waals surface area contributed by atoms with Crippen LogP contribution in [0.2, 0.25) is 0 Å². The van der Waals surface area contributed by atoms with E-state index in [2.05, 4.69) is 10.4 Å². The Hall–Kier alpha value is -3.07. The number of nitrogens with one attached hydrogen (secondary N) is 1. The third-order valence-electron chi connectivity index (χ3n) is 3.33. The Kier molecular flexibility index (Phi) is 5.08. The number of thioether (sulfide) groups is 1. The van der Waals surface area contributed by atoms with Crippen molar-refractivity contribution in [2.75, 3.05) is 0 Å². The van der Waals surface area contributed by atoms with Crippen molar-refractivity contribution in [3.63, 3.8) is 0 Å². The minimum atomic E-state index is -0.621. The number of carbonyl (C=O) groups excluding carboxylic acids is 3. The summed E-state index contributed by atoms with van der Waals surface area (Å²) in [6, 6.07) is 9.84. The first-order chi connectivity index (χ1) is 12.4. The van der Waals surface area contributed by atoms with Crippen LogP contribution in [-0.4, -0.2) is 28.0 Å². The second kappa shape index (κ2) is 7.44. The van der Waals surface area contributed by atoms with Gasteiger partial charge in [-0.2, -0.15) is 0 Å². The maximum absolute atomic E-state index is 12.0. The summed E-state index contributed by atoms with van der Waals surface area (Å²) in [5, 5.41) is 7.82. The van der Waals surface area contributed by atoms with Crippen LogP contribution < -0.4 is 10.1 Å². The Balaban J connectivity index is 1.79. The SMILES string of the molecule is CC(=O)NC1=NN(C(C)=O)[C@H](c2cccc(OC(=O)c3ccco3)c2)S1. The number of nitrogens with zero attached hydrogens (tertiary/aromatic N) is 2. The van der Waals surface area contributed by atoms with Gasteiger partial charge in [0.05, 0.1) is 6.26 Å². The van der Waals surface area contributed by atoms with Gasteiger partial charge < -0.3 is 14.5 Å². The predicted molar refractivity (Wildman–Crippen MR) is 94.2 cm³/mol. The molecule has 1 atom stereocenters. The lowest BCUT2D eigenvalue weighted by Gasteiger charge is -2.19. The molecule has 1 aliphatic rings. The van der Waals surface area contributed by atoms with Crippen molar-refractivity contribution >= 4 is 34.7 Å². The maximum atomic E-state index is 12.0. The van der Waals surface area contributed by atoms with Gasteiger partial charge in [0.15, 0.2) is 5.17 Å². The summed E-state index contributed by atoms with van der Waals surface area (Å²) in [5.74, 6) is -0.777. The highest BCUT2D eigenvalue weighted by molar-refractivity contribution is 8.14. The van der Waals surface area contributed by atoms with Gasteiger partial charge in [-0.3, -0.25) is 9.59 Å². The largest absolute Gasteiger partial charge is 0.457 e. The molecule has 2 heterocycles. The monoisotopic (exact) mass is 373 g/mol. The highest BCUT2D eigenvalue weighted by Gasteiger charge is 2.32. The van der Waals surface area contributed by atoms with Crippen LogP contribution in [0.1, 0.15) is 35.3 Å². The second-order valence-electron chi connectivity index (χ2n) is 5.36. The molecule has 0 spiro atoms. The van der Waals surface area contributed by atoms with Crippen molar-refractivity contribution in [3.05, 3.63) is 54.0 Å². The fourth-order valence-corrected chi connectivity index (χ4v) is 3.39. The lowest BCUT2D eigenvalue weighted by atomic mass is 10.2. The molecule has 1 aliphatic heterocycles. The van der Waals surface area contributed by atoms with E-state index in [1.54, 1.807) is 30.3 Å². The van der Waals surface area contributed by atoms with Gasteiger partial charge in [-0.1, -0.05) is 23.9 Å². The fraction of sp³-hybridized carbons (Fsp3) is 0.176. The summed E-state index contributed by atoms with van der Waals surface area (Å²) in [6.45, 7) is 2.75. The van der Waals surface area contributed by atoms with Crippen molar-refractivity contribution < 1.29 is 23.5 Å². The van der Waals surface area contributed by atoms with E-state index in [4.69, 9.17) is 9.15 Å². The van der Waals surface area contributed by atoms with Crippen LogP contribution in [0.25, 0.3) is 0 Å². The van der Waals surface area contributed by atoms with Crippen LogP contribution in [0, 0.1) is 0 Å². The van der Waals surface area contributed by atoms with E-state index >= 15 is 0 Å². The maximum Gasteiger partial charge on any atom is 0.379 e. The van der Waals surface area contributed by atoms with Crippen molar-refractivity contribution in [2.45, 2.75) is 19.2 Å². The molecule has 0 bridgehead atoms. The molecule has 0 unspecified atom stereocenters. The number of carbonyl (C=O) groups is 3. The molecule has 1 aromatic carbocycles. The number of hydrogen-bond donors (Lipinski definition) is 1. The van der Waals surface area contributed by atoms with Gasteiger partial charge in [0.1, 0.15) is 11.1 Å². The summed E-state index contributed by atoms with van der Waals surface area (Å²) >= 11 is 1.22. The predicted octanol–water partition coefficient (Wildman–Crippen LogP) is 2.50. The fourth-order valence-electron chi connectivity index (χ4n) is 2.26. The third-order valence-corrected chi connectivity index (χ3v) is 4.43. The summed E-state index contributed by atoms with van der Waals surface area (Å²) < 4.78 is 10.3. The normalized spacial score (nSPS) is 16.2. The highest BCUT2D eigenvalue weighted by Crippen LogP contribution is 2.39. The molecular formula is C17H15N3O5S. The van der Waals surface area contributed by atoms with Crippen LogP contribution >= 0.6 is 11.8 Å². The quantitative estimate of drug-likeness (QED) is 0.655. The highest BCUT2D eigenvalue weighted by atomic mass is 32.2. The first-order valence-electron chi connectivity index (χ1n) is 7.62. The molecule has 1 N–H and O–H groups in total. The Labute approximate surface area is 153 Å². The smallest absolute Gasteiger partial charge is 0.379 e. The number of amides is 2. The van der Waals surface area contributed by atoms with E-state index in [1.165, 1.54) is 42.9 Å². The van der Waals surface area contributed by atoms with Gasteiger partial charge in [-0.25, -0.2) is 9.80 Å². The first kappa shape index (κ1) is 17.7. The molecule has 2 amide bonds. The molecule has 0 aliphatic carbocycles. The van der Waals surface area contributed by atoms with Crippen molar-refractivity contribution in [1.29, 1.82) is 0 Å². The molecule has 26 heavy (non-hydrogen) atoms. The number of ether oxygens (including phenoxy) is 1. The molecule has 0 saturated heterocycles. The van der Waals surface area contributed by atoms with E-state index in [-0.39, 0.29) is 17.6 Å². The Morgan fingerprint density at radius 3 is 2.69 bits per heavy atom. The zero-order valence-electron chi connectivity index (χ0n) is 14.0. The number of hydrazone groups is 1. The summed E-state index contributed by atoms with van der Waals surface area (Å²) in [5.41, 5.74) is 0.694. The van der Waals surface area contributed by atoms with Crippen LogP contribution in [0.4, 0.5) is 0 Å². The topological polar surface area (TPSA) is 101 Å². The molecule has 3 rings (SSSR count). The molecule has 0 saturated carbocycles. The zero-order chi connectivity index (χ0) is 18.7. The molecule has 9 heteroatoms. The Morgan fingerprint density at radius 2 is 2.04 bits per heavy atom. The van der Waals surface area contributed by atoms with Gasteiger partial charge in [0.25, 0.3) is 0 Å². The lowest BCUT2D eigenvalue weighted by Crippen LogP contribution is -2.25. The molecule has 1 aromatic heterocycles. The minimum Gasteiger partial charge on any atom is -0.457 e. The average molecular weight is 373 g/mol. The molecular weight excluding hydrogens is 358 g/mol.